The summed E-state index contributed by atoms with van der Waals surface area (Å²) in [5.41, 5.74) is 15.6. The van der Waals surface area contributed by atoms with Crippen molar-refractivity contribution in [3.63, 3.8) is 0 Å². The Balaban J connectivity index is 0.000000148. The molecule has 0 radical (unpaired) electrons. The van der Waals surface area contributed by atoms with Crippen LogP contribution in [0.5, 0.6) is 11.5 Å². The number of nitrogens with zero attached hydrogens (tertiary/aromatic N) is 12. The van der Waals surface area contributed by atoms with Crippen molar-refractivity contribution in [2.75, 3.05) is 28.4 Å². The van der Waals surface area contributed by atoms with Crippen LogP contribution in [-0.4, -0.2) is 93.2 Å². The molecule has 0 saturated heterocycles. The van der Waals surface area contributed by atoms with Crippen molar-refractivity contribution in [2.24, 2.45) is 10.2 Å². The highest BCUT2D eigenvalue weighted by atomic mass is 16.5. The summed E-state index contributed by atoms with van der Waals surface area (Å²) in [6.45, 7) is 0. The van der Waals surface area contributed by atoms with Crippen LogP contribution in [0.2, 0.25) is 0 Å². The zero-order valence-electron chi connectivity index (χ0n) is 41.6. The number of ether oxygens (including phenoxy) is 4. The molecule has 0 aliphatic rings. The van der Waals surface area contributed by atoms with Crippen LogP contribution >= 0.6 is 0 Å². The summed E-state index contributed by atoms with van der Waals surface area (Å²) in [6.07, 6.45) is 5.63. The molecule has 10 rings (SSSR count). The molecule has 18 heteroatoms. The van der Waals surface area contributed by atoms with Crippen LogP contribution in [0.15, 0.2) is 229 Å². The predicted molar refractivity (Wildman–Crippen MR) is 290 cm³/mol. The van der Waals surface area contributed by atoms with Crippen LogP contribution < -0.4 is 9.47 Å². The Kier molecular flexibility index (Phi) is 19.7. The van der Waals surface area contributed by atoms with Crippen molar-refractivity contribution in [3.8, 4) is 45.6 Å². The Bertz CT molecular complexity index is 3360. The summed E-state index contributed by atoms with van der Waals surface area (Å²) >= 11 is 0. The summed E-state index contributed by atoms with van der Waals surface area (Å²) in [4.78, 5) is 25.6. The van der Waals surface area contributed by atoms with E-state index < -0.39 is 0 Å². The fourth-order valence-electron chi connectivity index (χ4n) is 6.35. The molecular weight excluding hydrogens is 961 g/mol. The number of rotatable bonds is 14. The standard InChI is InChI=1S/C15H12N4O2.C15H12N2O2.C14H12N4O.C14H12N2O/c1-21-15(20)12-9-7-11(8-10-12)14-16-18-19(17-14)13-5-3-2-4-6-13;1-19-15(18)13-9-7-12(8-10-13)11-16-17-14-5-3-2-4-6-14;1-19-13-9-7-11(8-10-13)14-15-17-18(16-14)12-5-3-2-4-6-12;1-17-14-9-7-12(8-10-14)11-15-16-13-5-3-2-4-6-13/h2-10H,1H3;2*2-10H,1H3;2-10H,1H3. The average molecular weight is 1010 g/mol. The summed E-state index contributed by atoms with van der Waals surface area (Å²) in [5, 5.41) is 32.6. The highest BCUT2D eigenvalue weighted by Crippen LogP contribution is 2.21. The lowest BCUT2D eigenvalue weighted by Gasteiger charge is -2.10. The third-order valence-electron chi connectivity index (χ3n) is 10.3. The first-order chi connectivity index (χ1) is 37.3. The Labute approximate surface area is 438 Å². The minimum absolute atomic E-state index is 0.363. The number of carbonyl (C=O) groups is 2. The molecule has 0 aliphatic heterocycles. The zero-order chi connectivity index (χ0) is 53.2. The Hall–Kier alpha value is -10.8. The first kappa shape index (κ1) is 53.0. The van der Waals surface area contributed by atoms with Crippen LogP contribution in [0.25, 0.3) is 45.0 Å². The van der Waals surface area contributed by atoms with Gasteiger partial charge in [-0.3, -0.25) is 0 Å². The van der Waals surface area contributed by atoms with Crippen molar-refractivity contribution in [3.05, 3.63) is 251 Å². The van der Waals surface area contributed by atoms with E-state index in [0.29, 0.717) is 22.8 Å². The lowest BCUT2D eigenvalue weighted by molar-refractivity contribution is 0.0592. The molecule has 2 heterocycles. The van der Waals surface area contributed by atoms with Crippen molar-refractivity contribution < 1.29 is 28.5 Å². The molecule has 0 fully saturated rings. The highest BCUT2D eigenvalue weighted by molar-refractivity contribution is 5.91. The molecule has 8 aromatic carbocycles. The first-order valence-electron chi connectivity index (χ1n) is 23.1. The third-order valence-corrected chi connectivity index (χ3v) is 10.3. The third kappa shape index (κ3) is 16.1. The smallest absolute Gasteiger partial charge is 0.340 e. The molecule has 0 atom stereocenters. The van der Waals surface area contributed by atoms with Crippen LogP contribution in [0.3, 0.4) is 0 Å². The molecule has 0 unspecified atom stereocenters. The predicted octanol–water partition coefficient (Wildman–Crippen LogP) is 11.5. The number of hydrogen-bond donors (Lipinski definition) is 0. The molecule has 0 N–H and O–H groups in total. The van der Waals surface area contributed by atoms with Gasteiger partial charge in [-0.05, 0) is 71.1 Å². The normalized spacial score (nSPS) is 10.2. The van der Waals surface area contributed by atoms with Gasteiger partial charge in [0.15, 0.2) is 0 Å². The maximum absolute atomic E-state index is 11.4. The van der Waals surface area contributed by atoms with E-state index in [1.807, 2.05) is 170 Å². The molecule has 0 spiro atoms. The van der Waals surface area contributed by atoms with Gasteiger partial charge in [0.05, 0.1) is 75.2 Å². The SMILES string of the molecule is COC(=O)c1ccc(-c2nnn(-c3ccccc3)n2)cc1.COC(=O)c1ccc([C+]=N[N-]c2ccccc2)cc1.COc1ccc(-c2nnn(-c3ccccc3)n2)cc1.COc1ccc([C+]=N[N-]c2ccccc2)cc1. The maximum Gasteiger partial charge on any atom is 0.340 e. The summed E-state index contributed by atoms with van der Waals surface area (Å²) in [5.74, 6) is 1.97. The largest absolute Gasteiger partial charge is 0.553 e. The number of tetrazole rings is 2. The van der Waals surface area contributed by atoms with Gasteiger partial charge in [0.2, 0.25) is 22.8 Å². The van der Waals surface area contributed by atoms with Crippen molar-refractivity contribution in [1.82, 2.24) is 40.4 Å². The lowest BCUT2D eigenvalue weighted by Crippen LogP contribution is -2.00. The molecule has 0 amide bonds. The van der Waals surface area contributed by atoms with Gasteiger partial charge < -0.3 is 29.8 Å². The van der Waals surface area contributed by atoms with E-state index >= 15 is 0 Å². The minimum Gasteiger partial charge on any atom is -0.553 e. The van der Waals surface area contributed by atoms with Crippen LogP contribution in [0.1, 0.15) is 31.8 Å². The van der Waals surface area contributed by atoms with E-state index in [-0.39, 0.29) is 11.9 Å². The van der Waals surface area contributed by atoms with Crippen molar-refractivity contribution in [2.45, 2.75) is 0 Å². The molecule has 76 heavy (non-hydrogen) atoms. The number of benzene rings is 8. The zero-order valence-corrected chi connectivity index (χ0v) is 41.6. The Morgan fingerprint density at radius 2 is 0.750 bits per heavy atom. The quantitative estimate of drug-likeness (QED) is 0.0431. The number of hydrogen-bond acceptors (Lipinski definition) is 14. The molecule has 0 aliphatic carbocycles. The maximum atomic E-state index is 11.4. The van der Waals surface area contributed by atoms with Gasteiger partial charge >= 0.3 is 11.9 Å². The lowest BCUT2D eigenvalue weighted by atomic mass is 10.1. The Morgan fingerprint density at radius 3 is 1.12 bits per heavy atom. The second-order valence-electron chi connectivity index (χ2n) is 15.4. The fourth-order valence-corrected chi connectivity index (χ4v) is 6.35. The second-order valence-corrected chi connectivity index (χ2v) is 15.4. The monoisotopic (exact) mass is 1010 g/mol. The van der Waals surface area contributed by atoms with Gasteiger partial charge in [0, 0.05) is 35.4 Å². The summed E-state index contributed by atoms with van der Waals surface area (Å²) < 4.78 is 19.5. The van der Waals surface area contributed by atoms with Crippen LogP contribution in [-0.2, 0) is 9.47 Å². The van der Waals surface area contributed by atoms with Gasteiger partial charge in [-0.1, -0.05) is 109 Å². The van der Waals surface area contributed by atoms with Gasteiger partial charge in [0.1, 0.15) is 23.9 Å². The summed E-state index contributed by atoms with van der Waals surface area (Å²) in [6, 6.07) is 66.8. The van der Waals surface area contributed by atoms with Crippen molar-refractivity contribution >= 4 is 35.7 Å². The molecule has 10 aromatic rings. The van der Waals surface area contributed by atoms with E-state index in [2.05, 4.69) is 73.8 Å². The molecule has 2 aromatic heterocycles. The number of methoxy groups -OCH3 is 4. The number of aromatic nitrogens is 8. The second kappa shape index (κ2) is 28.3. The molecule has 376 valence electrons. The van der Waals surface area contributed by atoms with Gasteiger partial charge in [-0.15, -0.1) is 41.4 Å². The van der Waals surface area contributed by atoms with Crippen LogP contribution in [0, 0.1) is 0 Å². The first-order valence-corrected chi connectivity index (χ1v) is 23.1. The van der Waals surface area contributed by atoms with Crippen LogP contribution in [0.4, 0.5) is 11.4 Å². The van der Waals surface area contributed by atoms with E-state index in [1.54, 1.807) is 62.8 Å². The van der Waals surface area contributed by atoms with E-state index in [1.165, 1.54) is 23.8 Å². The molecule has 18 nitrogen and oxygen atoms in total. The number of para-hydroxylation sites is 2. The fraction of sp³-hybridized carbons (Fsp3) is 0.0690. The average Bonchev–Trinajstić information content (AvgIpc) is 4.21. The molecule has 0 saturated carbocycles. The molecular formula is C58H48N12O6. The van der Waals surface area contributed by atoms with E-state index in [0.717, 1.165) is 56.5 Å². The van der Waals surface area contributed by atoms with Gasteiger partial charge in [0.25, 0.3) is 0 Å². The van der Waals surface area contributed by atoms with Crippen molar-refractivity contribution in [1.29, 1.82) is 0 Å². The molecule has 0 bridgehead atoms. The number of esters is 2. The minimum atomic E-state index is -0.373. The summed E-state index contributed by atoms with van der Waals surface area (Å²) in [7, 11) is 5.97. The topological polar surface area (TPSA) is 211 Å². The highest BCUT2D eigenvalue weighted by Gasteiger charge is 2.11. The number of carbonyl (C=O) groups excluding carboxylic acids is 2. The van der Waals surface area contributed by atoms with Gasteiger partial charge in [-0.25, -0.2) is 19.8 Å². The van der Waals surface area contributed by atoms with E-state index in [4.69, 9.17) is 9.47 Å². The van der Waals surface area contributed by atoms with Gasteiger partial charge in [-0.2, -0.15) is 0 Å². The Morgan fingerprint density at radius 1 is 0.421 bits per heavy atom. The van der Waals surface area contributed by atoms with E-state index in [9.17, 15) is 9.59 Å².